The second-order valence-electron chi connectivity index (χ2n) is 10.7. The summed E-state index contributed by atoms with van der Waals surface area (Å²) in [6.45, 7) is 4.44. The molecule has 0 bridgehead atoms. The van der Waals surface area contributed by atoms with Gasteiger partial charge in [-0.15, -0.1) is 0 Å². The molecule has 1 aliphatic carbocycles. The van der Waals surface area contributed by atoms with Crippen LogP contribution in [0.15, 0.2) is 41.3 Å². The second kappa shape index (κ2) is 13.7. The number of fused-ring (bicyclic) bond motifs is 1. The summed E-state index contributed by atoms with van der Waals surface area (Å²) in [4.78, 5) is 23.0. The maximum absolute atomic E-state index is 14.0. The number of hydrogen-bond acceptors (Lipinski definition) is 9. The molecule has 1 saturated heterocycles. The number of hydrogen-bond donors (Lipinski definition) is 0. The average molecular weight is 617 g/mol. The van der Waals surface area contributed by atoms with E-state index in [1.165, 1.54) is 27.8 Å². The maximum Gasteiger partial charge on any atom is 0.260 e. The third-order valence-electron chi connectivity index (χ3n) is 8.20. The summed E-state index contributed by atoms with van der Waals surface area (Å²) in [5.74, 6) is 1.02. The lowest BCUT2D eigenvalue weighted by Crippen LogP contribution is -2.39. The first kappa shape index (κ1) is 30.7. The van der Waals surface area contributed by atoms with Crippen LogP contribution in [-0.4, -0.2) is 95.2 Å². The minimum Gasteiger partial charge on any atom is -0.495 e. The molecule has 1 amide bonds. The molecule has 5 rings (SSSR count). The van der Waals surface area contributed by atoms with Crippen molar-refractivity contribution >= 4 is 42.6 Å². The van der Waals surface area contributed by atoms with Crippen molar-refractivity contribution in [3.8, 4) is 11.5 Å². The number of carbonyl (C=O) groups excluding carboxylic acids is 1. The number of thiazole rings is 1. The number of benzene rings is 2. The topological polar surface area (TPSA) is 102 Å². The van der Waals surface area contributed by atoms with Gasteiger partial charge in [0.2, 0.25) is 10.0 Å². The Balaban J connectivity index is 1.41. The van der Waals surface area contributed by atoms with Crippen LogP contribution in [0.25, 0.3) is 10.2 Å². The zero-order valence-electron chi connectivity index (χ0n) is 24.6. The molecule has 0 spiro atoms. The number of methoxy groups -OCH3 is 2. The van der Waals surface area contributed by atoms with Gasteiger partial charge in [0.25, 0.3) is 5.91 Å². The molecule has 2 aliphatic rings. The Bertz CT molecular complexity index is 1420. The molecule has 1 aliphatic heterocycles. The van der Waals surface area contributed by atoms with E-state index in [4.69, 9.17) is 19.2 Å². The number of rotatable bonds is 11. The van der Waals surface area contributed by atoms with Crippen LogP contribution in [-0.2, 0) is 14.8 Å². The highest BCUT2D eigenvalue weighted by atomic mass is 32.2. The van der Waals surface area contributed by atoms with Gasteiger partial charge in [0.05, 0.1) is 32.3 Å². The van der Waals surface area contributed by atoms with Gasteiger partial charge in [0.15, 0.2) is 5.13 Å². The molecule has 2 fully saturated rings. The van der Waals surface area contributed by atoms with Gasteiger partial charge < -0.3 is 14.2 Å². The van der Waals surface area contributed by atoms with Gasteiger partial charge in [-0.05, 0) is 55.7 Å². The Morgan fingerprint density at radius 2 is 1.69 bits per heavy atom. The highest BCUT2D eigenvalue weighted by Crippen LogP contribution is 2.40. The van der Waals surface area contributed by atoms with Crippen LogP contribution in [0.3, 0.4) is 0 Å². The zero-order chi connectivity index (χ0) is 29.7. The summed E-state index contributed by atoms with van der Waals surface area (Å²) >= 11 is 1.38. The van der Waals surface area contributed by atoms with Crippen molar-refractivity contribution < 1.29 is 27.4 Å². The highest BCUT2D eigenvalue weighted by molar-refractivity contribution is 7.89. The lowest BCUT2D eigenvalue weighted by Gasteiger charge is -2.30. The molecule has 0 radical (unpaired) electrons. The van der Waals surface area contributed by atoms with Crippen LogP contribution in [0.4, 0.5) is 5.13 Å². The molecule has 1 aromatic heterocycles. The molecule has 2 heterocycles. The van der Waals surface area contributed by atoms with E-state index in [1.807, 2.05) is 6.07 Å². The van der Waals surface area contributed by atoms with E-state index in [2.05, 4.69) is 4.90 Å². The summed E-state index contributed by atoms with van der Waals surface area (Å²) in [5.41, 5.74) is 1.04. The highest BCUT2D eigenvalue weighted by Gasteiger charge is 2.30. The number of amides is 1. The van der Waals surface area contributed by atoms with Crippen molar-refractivity contribution in [1.82, 2.24) is 14.2 Å². The van der Waals surface area contributed by atoms with Gasteiger partial charge in [-0.1, -0.05) is 30.6 Å². The van der Waals surface area contributed by atoms with Gasteiger partial charge in [-0.2, -0.15) is 4.31 Å². The maximum atomic E-state index is 14.0. The number of anilines is 1. The zero-order valence-corrected chi connectivity index (χ0v) is 26.2. The summed E-state index contributed by atoms with van der Waals surface area (Å²) in [7, 11) is 1.20. The van der Waals surface area contributed by atoms with E-state index >= 15 is 0 Å². The summed E-state index contributed by atoms with van der Waals surface area (Å²) in [6.07, 6.45) is 5.74. The summed E-state index contributed by atoms with van der Waals surface area (Å²) < 4.78 is 45.6. The van der Waals surface area contributed by atoms with Crippen LogP contribution in [0.5, 0.6) is 11.5 Å². The van der Waals surface area contributed by atoms with Crippen molar-refractivity contribution in [3.05, 3.63) is 42.0 Å². The van der Waals surface area contributed by atoms with Crippen molar-refractivity contribution in [2.45, 2.75) is 49.5 Å². The number of sulfonamides is 1. The van der Waals surface area contributed by atoms with Crippen molar-refractivity contribution in [1.29, 1.82) is 0 Å². The van der Waals surface area contributed by atoms with E-state index in [9.17, 15) is 13.2 Å². The van der Waals surface area contributed by atoms with Crippen LogP contribution >= 0.6 is 11.3 Å². The number of aromatic nitrogens is 1. The molecular formula is C30H40N4O6S2. The minimum absolute atomic E-state index is 0.0139. The van der Waals surface area contributed by atoms with Gasteiger partial charge >= 0.3 is 0 Å². The first-order chi connectivity index (χ1) is 20.3. The molecule has 1 saturated carbocycles. The van der Waals surface area contributed by atoms with Crippen LogP contribution < -0.4 is 14.4 Å². The average Bonchev–Trinajstić information content (AvgIpc) is 3.48. The fourth-order valence-electron chi connectivity index (χ4n) is 5.68. The lowest BCUT2D eigenvalue weighted by molar-refractivity contribution is 0.0376. The third kappa shape index (κ3) is 6.57. The normalized spacial score (nSPS) is 17.0. The smallest absolute Gasteiger partial charge is 0.260 e. The van der Waals surface area contributed by atoms with Gasteiger partial charge in [0.1, 0.15) is 21.7 Å². The fourth-order valence-corrected chi connectivity index (χ4v) is 8.20. The van der Waals surface area contributed by atoms with Crippen molar-refractivity contribution in [3.63, 3.8) is 0 Å². The summed E-state index contributed by atoms with van der Waals surface area (Å²) in [5, 5.41) is 0.536. The quantitative estimate of drug-likeness (QED) is 0.307. The molecule has 0 unspecified atom stereocenters. The second-order valence-corrected chi connectivity index (χ2v) is 13.7. The monoisotopic (exact) mass is 616 g/mol. The molecule has 42 heavy (non-hydrogen) atoms. The first-order valence-corrected chi connectivity index (χ1v) is 16.8. The number of nitrogens with zero attached hydrogens (tertiary/aromatic N) is 4. The molecule has 0 atom stereocenters. The Hall–Kier alpha value is -2.77. The molecule has 12 heteroatoms. The number of carbonyl (C=O) groups is 1. The number of ether oxygens (including phenoxy) is 3. The molecule has 2 aromatic carbocycles. The van der Waals surface area contributed by atoms with E-state index in [-0.39, 0.29) is 16.8 Å². The molecule has 3 aromatic rings. The summed E-state index contributed by atoms with van der Waals surface area (Å²) in [6, 6.07) is 9.94. The minimum atomic E-state index is -3.66. The number of morpholine rings is 1. The van der Waals surface area contributed by atoms with E-state index in [0.717, 1.165) is 62.9 Å². The largest absolute Gasteiger partial charge is 0.495 e. The third-order valence-corrected chi connectivity index (χ3v) is 11.2. The van der Waals surface area contributed by atoms with Gasteiger partial charge in [-0.3, -0.25) is 14.6 Å². The SMILES string of the molecule is COc1ccc(OC)c2sc(N(CCCN3CCOCC3)C(=O)c3ccc(S(=O)(=O)N(C)C4CCCCC4)cc3)nc12. The predicted molar refractivity (Wildman–Crippen MR) is 165 cm³/mol. The van der Waals surface area contributed by atoms with E-state index in [1.54, 1.807) is 44.4 Å². The Kier molecular flexibility index (Phi) is 10.00. The van der Waals surface area contributed by atoms with Crippen LogP contribution in [0.2, 0.25) is 0 Å². The van der Waals surface area contributed by atoms with Crippen LogP contribution in [0.1, 0.15) is 48.9 Å². The molecular weight excluding hydrogens is 576 g/mol. The Morgan fingerprint density at radius 3 is 2.36 bits per heavy atom. The van der Waals surface area contributed by atoms with Crippen molar-refractivity contribution in [2.75, 3.05) is 65.6 Å². The standard InChI is InChI=1S/C30H40N4O6S2/c1-32(23-8-5-4-6-9-23)42(36,37)24-12-10-22(11-13-24)29(35)34(17-7-16-33-18-20-40-21-19-33)30-31-27-25(38-2)14-15-26(39-3)28(27)41-30/h10-15,23H,4-9,16-21H2,1-3H3. The van der Waals surface area contributed by atoms with E-state index in [0.29, 0.717) is 47.5 Å². The van der Waals surface area contributed by atoms with Crippen LogP contribution in [0, 0.1) is 0 Å². The fraction of sp³-hybridized carbons (Fsp3) is 0.533. The molecule has 10 nitrogen and oxygen atoms in total. The Labute approximate surface area is 252 Å². The lowest BCUT2D eigenvalue weighted by atomic mass is 9.96. The first-order valence-electron chi connectivity index (χ1n) is 14.5. The Morgan fingerprint density at radius 1 is 1.02 bits per heavy atom. The molecule has 0 N–H and O–H groups in total. The van der Waals surface area contributed by atoms with Gasteiger partial charge in [-0.25, -0.2) is 13.4 Å². The van der Waals surface area contributed by atoms with Gasteiger partial charge in [0, 0.05) is 44.8 Å². The van der Waals surface area contributed by atoms with Crippen molar-refractivity contribution in [2.24, 2.45) is 0 Å². The predicted octanol–water partition coefficient (Wildman–Crippen LogP) is 4.64. The van der Waals surface area contributed by atoms with E-state index < -0.39 is 10.0 Å². The molecule has 228 valence electrons.